The lowest BCUT2D eigenvalue weighted by atomic mass is 9.67. The Balaban J connectivity index is 0.000000246. The molecule has 1 saturated carbocycles. The lowest BCUT2D eigenvalue weighted by molar-refractivity contribution is 0.225. The van der Waals surface area contributed by atoms with Crippen molar-refractivity contribution in [1.29, 1.82) is 0 Å². The van der Waals surface area contributed by atoms with Crippen LogP contribution in [-0.4, -0.2) is 6.54 Å². The molecule has 1 fully saturated rings. The van der Waals surface area contributed by atoms with Crippen LogP contribution in [0.2, 0.25) is 0 Å². The maximum atomic E-state index is 5.27. The SMILES string of the molecule is CC1CCCCC1(C)c1cccs1.CCCCCCN. The van der Waals surface area contributed by atoms with Crippen molar-refractivity contribution in [3.63, 3.8) is 0 Å². The summed E-state index contributed by atoms with van der Waals surface area (Å²) in [6.45, 7) is 7.93. The van der Waals surface area contributed by atoms with E-state index in [2.05, 4.69) is 38.3 Å². The van der Waals surface area contributed by atoms with Crippen LogP contribution < -0.4 is 5.73 Å². The van der Waals surface area contributed by atoms with Gasteiger partial charge in [0.2, 0.25) is 0 Å². The molecule has 0 saturated heterocycles. The van der Waals surface area contributed by atoms with Gasteiger partial charge in [-0.25, -0.2) is 0 Å². The molecule has 1 nitrogen and oxygen atoms in total. The van der Waals surface area contributed by atoms with Gasteiger partial charge >= 0.3 is 0 Å². The minimum atomic E-state index is 0.479. The highest BCUT2D eigenvalue weighted by Crippen LogP contribution is 2.44. The zero-order valence-corrected chi connectivity index (χ0v) is 14.5. The summed E-state index contributed by atoms with van der Waals surface area (Å²) in [5.74, 6) is 0.861. The van der Waals surface area contributed by atoms with Gasteiger partial charge in [-0.3, -0.25) is 0 Å². The predicted octanol–water partition coefficient (Wildman–Crippen LogP) is 5.74. The number of nitrogens with two attached hydrogens (primary N) is 1. The second-order valence-electron chi connectivity index (χ2n) is 6.39. The van der Waals surface area contributed by atoms with Crippen LogP contribution >= 0.6 is 11.3 Å². The highest BCUT2D eigenvalue weighted by Gasteiger charge is 2.35. The van der Waals surface area contributed by atoms with Gasteiger partial charge in [0.05, 0.1) is 0 Å². The molecule has 0 amide bonds. The first-order valence-corrected chi connectivity index (χ1v) is 9.27. The van der Waals surface area contributed by atoms with Crippen molar-refractivity contribution in [2.45, 2.75) is 77.6 Å². The second kappa shape index (κ2) is 9.57. The molecule has 1 aliphatic carbocycles. The molecule has 2 atom stereocenters. The van der Waals surface area contributed by atoms with E-state index in [0.29, 0.717) is 5.41 Å². The van der Waals surface area contributed by atoms with E-state index in [1.54, 1.807) is 4.88 Å². The molecule has 2 rings (SSSR count). The summed E-state index contributed by atoms with van der Waals surface area (Å²) in [6.07, 6.45) is 10.8. The topological polar surface area (TPSA) is 26.0 Å². The van der Waals surface area contributed by atoms with Gasteiger partial charge in [0.25, 0.3) is 0 Å². The maximum absolute atomic E-state index is 5.27. The molecule has 1 aromatic heterocycles. The Morgan fingerprint density at radius 1 is 1.30 bits per heavy atom. The lowest BCUT2D eigenvalue weighted by Crippen LogP contribution is -2.32. The first kappa shape index (κ1) is 17.7. The molecule has 116 valence electrons. The predicted molar refractivity (Wildman–Crippen MR) is 92.5 cm³/mol. The summed E-state index contributed by atoms with van der Waals surface area (Å²) in [5.41, 5.74) is 5.75. The van der Waals surface area contributed by atoms with Crippen LogP contribution in [0.4, 0.5) is 0 Å². The number of unbranched alkanes of at least 4 members (excludes halogenated alkanes) is 3. The van der Waals surface area contributed by atoms with Crippen molar-refractivity contribution < 1.29 is 0 Å². The molecule has 0 aromatic carbocycles. The quantitative estimate of drug-likeness (QED) is 0.688. The summed E-state index contributed by atoms with van der Waals surface area (Å²) in [6, 6.07) is 4.50. The smallest absolute Gasteiger partial charge is 0.0107 e. The molecule has 0 radical (unpaired) electrons. The summed E-state index contributed by atoms with van der Waals surface area (Å²) in [4.78, 5) is 1.60. The average molecular weight is 296 g/mol. The molecule has 2 N–H and O–H groups in total. The van der Waals surface area contributed by atoms with Crippen LogP contribution in [0.1, 0.15) is 77.0 Å². The fourth-order valence-electron chi connectivity index (χ4n) is 3.05. The van der Waals surface area contributed by atoms with Crippen molar-refractivity contribution in [1.82, 2.24) is 0 Å². The molecule has 0 bridgehead atoms. The third kappa shape index (κ3) is 5.21. The molecule has 2 unspecified atom stereocenters. The zero-order valence-electron chi connectivity index (χ0n) is 13.7. The van der Waals surface area contributed by atoms with Crippen LogP contribution in [0.5, 0.6) is 0 Å². The van der Waals surface area contributed by atoms with Gasteiger partial charge < -0.3 is 5.73 Å². The first-order valence-electron chi connectivity index (χ1n) is 8.39. The van der Waals surface area contributed by atoms with Crippen LogP contribution in [0, 0.1) is 5.92 Å². The maximum Gasteiger partial charge on any atom is 0.0107 e. The molecule has 20 heavy (non-hydrogen) atoms. The van der Waals surface area contributed by atoms with Crippen molar-refractivity contribution in [3.8, 4) is 0 Å². The Bertz CT molecular complexity index is 329. The van der Waals surface area contributed by atoms with Crippen molar-refractivity contribution in [2.24, 2.45) is 11.7 Å². The summed E-state index contributed by atoms with van der Waals surface area (Å²) in [7, 11) is 0. The number of thiophene rings is 1. The van der Waals surface area contributed by atoms with Crippen molar-refractivity contribution in [3.05, 3.63) is 22.4 Å². The van der Waals surface area contributed by atoms with E-state index < -0.39 is 0 Å². The number of hydrogen-bond acceptors (Lipinski definition) is 2. The first-order chi connectivity index (χ1) is 9.65. The minimum Gasteiger partial charge on any atom is -0.330 e. The van der Waals surface area contributed by atoms with Gasteiger partial charge in [-0.05, 0) is 43.2 Å². The van der Waals surface area contributed by atoms with Crippen LogP contribution in [-0.2, 0) is 5.41 Å². The van der Waals surface area contributed by atoms with Crippen LogP contribution in [0.3, 0.4) is 0 Å². The fraction of sp³-hybridized carbons (Fsp3) is 0.778. The molecule has 1 aliphatic rings. The van der Waals surface area contributed by atoms with E-state index >= 15 is 0 Å². The number of rotatable bonds is 5. The molecule has 0 aliphatic heterocycles. The van der Waals surface area contributed by atoms with Crippen LogP contribution in [0.15, 0.2) is 17.5 Å². The largest absolute Gasteiger partial charge is 0.330 e. The van der Waals surface area contributed by atoms with Gasteiger partial charge in [0, 0.05) is 10.3 Å². The van der Waals surface area contributed by atoms with Crippen molar-refractivity contribution in [2.75, 3.05) is 6.54 Å². The van der Waals surface area contributed by atoms with Crippen molar-refractivity contribution >= 4 is 11.3 Å². The Morgan fingerprint density at radius 2 is 2.10 bits per heavy atom. The van der Waals surface area contributed by atoms with E-state index in [1.807, 2.05) is 11.3 Å². The fourth-order valence-corrected chi connectivity index (χ4v) is 4.08. The summed E-state index contributed by atoms with van der Waals surface area (Å²) >= 11 is 1.93. The minimum absolute atomic E-state index is 0.479. The van der Waals surface area contributed by atoms with Gasteiger partial charge in [-0.1, -0.05) is 58.9 Å². The Hall–Kier alpha value is -0.340. The normalized spacial score (nSPS) is 25.9. The third-order valence-electron chi connectivity index (χ3n) is 4.81. The van der Waals surface area contributed by atoms with Gasteiger partial charge in [0.1, 0.15) is 0 Å². The third-order valence-corrected chi connectivity index (χ3v) is 5.96. The Kier molecular flexibility index (Phi) is 8.47. The van der Waals surface area contributed by atoms with Gasteiger partial charge in [0.15, 0.2) is 0 Å². The van der Waals surface area contributed by atoms with Gasteiger partial charge in [-0.2, -0.15) is 0 Å². The summed E-state index contributed by atoms with van der Waals surface area (Å²) in [5, 5.41) is 2.21. The van der Waals surface area contributed by atoms with E-state index in [1.165, 1.54) is 51.4 Å². The molecule has 0 spiro atoms. The molecule has 2 heteroatoms. The van der Waals surface area contributed by atoms with E-state index in [-0.39, 0.29) is 0 Å². The highest BCUT2D eigenvalue weighted by atomic mass is 32.1. The Labute approximate surface area is 130 Å². The standard InChI is InChI=1S/C12H18S.C6H15N/c1-10-6-3-4-8-12(10,2)11-7-5-9-13-11;1-2-3-4-5-6-7/h5,7,9-10H,3-4,6,8H2,1-2H3;2-7H2,1H3. The van der Waals surface area contributed by atoms with Crippen LogP contribution in [0.25, 0.3) is 0 Å². The lowest BCUT2D eigenvalue weighted by Gasteiger charge is -2.39. The molecular formula is C18H33NS. The summed E-state index contributed by atoms with van der Waals surface area (Å²) < 4.78 is 0. The van der Waals surface area contributed by atoms with E-state index in [0.717, 1.165) is 12.5 Å². The molecular weight excluding hydrogens is 262 g/mol. The molecule has 1 aromatic rings. The second-order valence-corrected chi connectivity index (χ2v) is 7.34. The highest BCUT2D eigenvalue weighted by molar-refractivity contribution is 7.10. The zero-order chi connectivity index (χ0) is 14.8. The van der Waals surface area contributed by atoms with E-state index in [4.69, 9.17) is 5.73 Å². The molecule has 1 heterocycles. The number of hydrogen-bond donors (Lipinski definition) is 1. The van der Waals surface area contributed by atoms with E-state index in [9.17, 15) is 0 Å². The average Bonchev–Trinajstić information content (AvgIpc) is 2.98. The Morgan fingerprint density at radius 3 is 2.65 bits per heavy atom. The van der Waals surface area contributed by atoms with Gasteiger partial charge in [-0.15, -0.1) is 11.3 Å². The monoisotopic (exact) mass is 295 g/mol.